The summed E-state index contributed by atoms with van der Waals surface area (Å²) in [4.78, 5) is 14.3. The Bertz CT molecular complexity index is 711. The second-order valence-electron chi connectivity index (χ2n) is 6.67. The van der Waals surface area contributed by atoms with Gasteiger partial charge >= 0.3 is 0 Å². The van der Waals surface area contributed by atoms with Crippen LogP contribution in [0.15, 0.2) is 48.5 Å². The number of nitrogens with two attached hydrogens (primary N) is 1. The minimum absolute atomic E-state index is 0. The molecule has 0 aliphatic rings. The van der Waals surface area contributed by atoms with Crippen molar-refractivity contribution in [2.45, 2.75) is 25.8 Å². The third kappa shape index (κ3) is 7.92. The highest BCUT2D eigenvalue weighted by Gasteiger charge is 2.16. The van der Waals surface area contributed by atoms with Crippen molar-refractivity contribution in [1.29, 1.82) is 0 Å². The molecule has 0 aliphatic carbocycles. The summed E-state index contributed by atoms with van der Waals surface area (Å²) < 4.78 is 27.5. The number of benzene rings is 2. The number of carbonyl (C=O) groups excluding carboxylic acids is 1. The number of carbonyl (C=O) groups is 1. The van der Waals surface area contributed by atoms with Gasteiger partial charge in [0.05, 0.1) is 6.54 Å². The molecule has 0 bridgehead atoms. The van der Waals surface area contributed by atoms with E-state index in [1.807, 2.05) is 35.2 Å². The van der Waals surface area contributed by atoms with Crippen LogP contribution < -0.4 is 11.1 Å². The Hall–Kier alpha value is -2.02. The minimum atomic E-state index is -0.594. The molecule has 2 aromatic rings. The first-order chi connectivity index (χ1) is 13.0. The average molecular weight is 412 g/mol. The van der Waals surface area contributed by atoms with Crippen molar-refractivity contribution in [3.05, 3.63) is 71.3 Å². The van der Waals surface area contributed by atoms with Crippen molar-refractivity contribution in [3.63, 3.8) is 0 Å². The molecule has 0 saturated carbocycles. The van der Waals surface area contributed by atoms with E-state index in [0.29, 0.717) is 19.6 Å². The van der Waals surface area contributed by atoms with Crippen LogP contribution in [0.4, 0.5) is 8.78 Å². The normalized spacial score (nSPS) is 11.8. The molecule has 1 unspecified atom stereocenters. The van der Waals surface area contributed by atoms with Crippen LogP contribution in [-0.2, 0) is 17.6 Å². The van der Waals surface area contributed by atoms with Gasteiger partial charge in [0.25, 0.3) is 0 Å². The highest BCUT2D eigenvalue weighted by Crippen LogP contribution is 2.14. The number of halogens is 3. The van der Waals surface area contributed by atoms with Crippen LogP contribution in [0.3, 0.4) is 0 Å². The summed E-state index contributed by atoms with van der Waals surface area (Å²) in [5.74, 6) is -1.37. The van der Waals surface area contributed by atoms with Crippen LogP contribution >= 0.6 is 12.4 Å². The Morgan fingerprint density at radius 1 is 1.07 bits per heavy atom. The van der Waals surface area contributed by atoms with Crippen molar-refractivity contribution in [3.8, 4) is 0 Å². The molecule has 0 radical (unpaired) electrons. The molecule has 0 aliphatic heterocycles. The maximum absolute atomic E-state index is 13.7. The molecule has 0 saturated heterocycles. The predicted octanol–water partition coefficient (Wildman–Crippen LogP) is 2.94. The van der Waals surface area contributed by atoms with Gasteiger partial charge in [-0.25, -0.2) is 8.78 Å². The maximum Gasteiger partial charge on any atom is 0.234 e. The first kappa shape index (κ1) is 24.0. The van der Waals surface area contributed by atoms with Gasteiger partial charge in [0, 0.05) is 31.2 Å². The van der Waals surface area contributed by atoms with Crippen molar-refractivity contribution in [1.82, 2.24) is 10.2 Å². The van der Waals surface area contributed by atoms with Crippen LogP contribution in [0.25, 0.3) is 0 Å². The van der Waals surface area contributed by atoms with Crippen LogP contribution in [0.1, 0.15) is 18.1 Å². The van der Waals surface area contributed by atoms with Crippen LogP contribution in [0.2, 0.25) is 0 Å². The molecule has 0 spiro atoms. The minimum Gasteiger partial charge on any atom is -0.352 e. The third-order valence-electron chi connectivity index (χ3n) is 4.35. The highest BCUT2D eigenvalue weighted by molar-refractivity contribution is 5.85. The molecule has 7 heteroatoms. The molecule has 154 valence electrons. The van der Waals surface area contributed by atoms with E-state index in [4.69, 9.17) is 5.73 Å². The van der Waals surface area contributed by atoms with E-state index in [9.17, 15) is 13.6 Å². The molecule has 0 heterocycles. The van der Waals surface area contributed by atoms with Gasteiger partial charge in [-0.15, -0.1) is 12.4 Å². The average Bonchev–Trinajstić information content (AvgIpc) is 2.64. The number of nitrogens with zero attached hydrogens (tertiary/aromatic N) is 1. The van der Waals surface area contributed by atoms with Crippen molar-refractivity contribution in [2.75, 3.05) is 26.2 Å². The zero-order valence-corrected chi connectivity index (χ0v) is 16.9. The van der Waals surface area contributed by atoms with Gasteiger partial charge in [-0.3, -0.25) is 9.69 Å². The van der Waals surface area contributed by atoms with E-state index < -0.39 is 11.6 Å². The third-order valence-corrected chi connectivity index (χ3v) is 4.35. The number of amides is 1. The van der Waals surface area contributed by atoms with Crippen LogP contribution in [0.5, 0.6) is 0 Å². The van der Waals surface area contributed by atoms with E-state index in [2.05, 4.69) is 5.32 Å². The summed E-state index contributed by atoms with van der Waals surface area (Å²) in [5, 5.41) is 2.82. The Labute approximate surface area is 171 Å². The number of hydrogen-bond acceptors (Lipinski definition) is 3. The largest absolute Gasteiger partial charge is 0.352 e. The zero-order valence-electron chi connectivity index (χ0n) is 16.0. The Kier molecular flexibility index (Phi) is 10.7. The summed E-state index contributed by atoms with van der Waals surface area (Å²) in [6.45, 7) is 3.72. The van der Waals surface area contributed by atoms with E-state index >= 15 is 0 Å². The molecule has 2 aromatic carbocycles. The lowest BCUT2D eigenvalue weighted by Crippen LogP contribution is -2.44. The van der Waals surface area contributed by atoms with Crippen molar-refractivity contribution >= 4 is 18.3 Å². The molecule has 4 nitrogen and oxygen atoms in total. The molecule has 1 amide bonds. The second kappa shape index (κ2) is 12.4. The number of hydrogen-bond donors (Lipinski definition) is 2. The predicted molar refractivity (Wildman–Crippen MR) is 111 cm³/mol. The molecule has 3 N–H and O–H groups in total. The molecular weight excluding hydrogens is 384 g/mol. The van der Waals surface area contributed by atoms with Gasteiger partial charge in [0.2, 0.25) is 5.91 Å². The van der Waals surface area contributed by atoms with Gasteiger partial charge < -0.3 is 11.1 Å². The smallest absolute Gasteiger partial charge is 0.234 e. The van der Waals surface area contributed by atoms with E-state index in [1.165, 1.54) is 23.8 Å². The summed E-state index contributed by atoms with van der Waals surface area (Å²) >= 11 is 0. The lowest BCUT2D eigenvalue weighted by atomic mass is 10.1. The zero-order chi connectivity index (χ0) is 19.6. The first-order valence-electron chi connectivity index (χ1n) is 9.18. The van der Waals surface area contributed by atoms with Gasteiger partial charge in [-0.1, -0.05) is 36.4 Å². The first-order valence-corrected chi connectivity index (χ1v) is 9.18. The number of nitrogens with one attached hydrogen (secondary N) is 1. The van der Waals surface area contributed by atoms with Crippen LogP contribution in [-0.4, -0.2) is 43.0 Å². The molecule has 0 aromatic heterocycles. The van der Waals surface area contributed by atoms with Crippen LogP contribution in [0, 0.1) is 11.6 Å². The van der Waals surface area contributed by atoms with Gasteiger partial charge in [-0.2, -0.15) is 0 Å². The van der Waals surface area contributed by atoms with Gasteiger partial charge in [-0.05, 0) is 37.5 Å². The maximum atomic E-state index is 13.7. The van der Waals surface area contributed by atoms with E-state index in [-0.39, 0.29) is 42.9 Å². The lowest BCUT2D eigenvalue weighted by Gasteiger charge is -2.22. The van der Waals surface area contributed by atoms with Crippen molar-refractivity contribution in [2.24, 2.45) is 5.73 Å². The number of rotatable bonds is 10. The summed E-state index contributed by atoms with van der Waals surface area (Å²) in [6.07, 6.45) is 0.926. The Morgan fingerprint density at radius 2 is 1.71 bits per heavy atom. The summed E-state index contributed by atoms with van der Waals surface area (Å²) in [7, 11) is 0. The van der Waals surface area contributed by atoms with E-state index in [0.717, 1.165) is 6.42 Å². The standard InChI is InChI=1S/C21H27F2N3O.ClH/c1-16(14-18-19(22)8-5-9-20(18)23)25-21(27)15-26(13-11-24)12-10-17-6-3-2-4-7-17;/h2-9,16H,10-15,24H2,1H3,(H,25,27);1H. The highest BCUT2D eigenvalue weighted by atomic mass is 35.5. The summed E-state index contributed by atoms with van der Waals surface area (Å²) in [5.41, 5.74) is 6.85. The van der Waals surface area contributed by atoms with Crippen molar-refractivity contribution < 1.29 is 13.6 Å². The molecule has 2 rings (SSSR count). The lowest BCUT2D eigenvalue weighted by molar-refractivity contribution is -0.122. The Balaban J connectivity index is 0.00000392. The van der Waals surface area contributed by atoms with Gasteiger partial charge in [0.1, 0.15) is 11.6 Å². The SMILES string of the molecule is CC(Cc1c(F)cccc1F)NC(=O)CN(CCN)CCc1ccccc1.Cl. The fraction of sp³-hybridized carbons (Fsp3) is 0.381. The molecular formula is C21H28ClF2N3O. The Morgan fingerprint density at radius 3 is 2.32 bits per heavy atom. The quantitative estimate of drug-likeness (QED) is 0.632. The molecule has 1 atom stereocenters. The fourth-order valence-corrected chi connectivity index (χ4v) is 2.99. The topological polar surface area (TPSA) is 58.4 Å². The second-order valence-corrected chi connectivity index (χ2v) is 6.67. The molecule has 28 heavy (non-hydrogen) atoms. The summed E-state index contributed by atoms with van der Waals surface area (Å²) in [6, 6.07) is 13.4. The fourth-order valence-electron chi connectivity index (χ4n) is 2.99. The van der Waals surface area contributed by atoms with E-state index in [1.54, 1.807) is 6.92 Å². The van der Waals surface area contributed by atoms with Gasteiger partial charge in [0.15, 0.2) is 0 Å². The molecule has 0 fully saturated rings. The monoisotopic (exact) mass is 411 g/mol.